The van der Waals surface area contributed by atoms with E-state index in [0.29, 0.717) is 17.9 Å². The lowest BCUT2D eigenvalue weighted by Gasteiger charge is -2.04. The van der Waals surface area contributed by atoms with Crippen LogP contribution in [-0.2, 0) is 4.79 Å². The quantitative estimate of drug-likeness (QED) is 0.448. The van der Waals surface area contributed by atoms with Crippen LogP contribution in [0.2, 0.25) is 0 Å². The molecule has 1 aromatic rings. The Morgan fingerprint density at radius 3 is 2.36 bits per heavy atom. The Bertz CT molecular complexity index is 291. The van der Waals surface area contributed by atoms with Gasteiger partial charge in [-0.15, -0.1) is 0 Å². The Balaban J connectivity index is 2.59. The lowest BCUT2D eigenvalue weighted by Crippen LogP contribution is -2.05. The van der Waals surface area contributed by atoms with Crippen molar-refractivity contribution in [3.05, 3.63) is 24.3 Å². The van der Waals surface area contributed by atoms with Crippen LogP contribution in [0.3, 0.4) is 0 Å². The largest absolute Gasteiger partial charge is 0.468 e. The van der Waals surface area contributed by atoms with E-state index < -0.39 is 0 Å². The molecule has 0 saturated heterocycles. The number of benzene rings is 1. The van der Waals surface area contributed by atoms with Gasteiger partial charge in [-0.1, -0.05) is 6.92 Å². The molecule has 4 nitrogen and oxygen atoms in total. The SMILES string of the molecule is CCC(=O)Oc1ccc(OCO)cc1. The van der Waals surface area contributed by atoms with Gasteiger partial charge in [0.15, 0.2) is 6.79 Å². The molecule has 0 bridgehead atoms. The van der Waals surface area contributed by atoms with E-state index in [1.54, 1.807) is 31.2 Å². The molecule has 4 heteroatoms. The predicted octanol–water partition coefficient (Wildman–Crippen LogP) is 1.33. The molecule has 14 heavy (non-hydrogen) atoms. The molecule has 0 saturated carbocycles. The van der Waals surface area contributed by atoms with Gasteiger partial charge in [-0.2, -0.15) is 0 Å². The molecule has 0 aromatic heterocycles. The monoisotopic (exact) mass is 196 g/mol. The second-order valence-electron chi connectivity index (χ2n) is 2.57. The maximum Gasteiger partial charge on any atom is 0.310 e. The minimum absolute atomic E-state index is 0.277. The van der Waals surface area contributed by atoms with E-state index in [9.17, 15) is 4.79 Å². The van der Waals surface area contributed by atoms with Crippen molar-refractivity contribution < 1.29 is 19.4 Å². The summed E-state index contributed by atoms with van der Waals surface area (Å²) in [5, 5.41) is 8.46. The molecule has 0 spiro atoms. The fourth-order valence-electron chi connectivity index (χ4n) is 0.882. The summed E-state index contributed by atoms with van der Waals surface area (Å²) in [7, 11) is 0. The molecule has 0 aliphatic carbocycles. The highest BCUT2D eigenvalue weighted by Crippen LogP contribution is 2.17. The van der Waals surface area contributed by atoms with Crippen LogP contribution in [0.5, 0.6) is 11.5 Å². The maximum atomic E-state index is 10.9. The molecule has 0 radical (unpaired) electrons. The van der Waals surface area contributed by atoms with Gasteiger partial charge in [0.1, 0.15) is 11.5 Å². The van der Waals surface area contributed by atoms with Gasteiger partial charge >= 0.3 is 5.97 Å². The van der Waals surface area contributed by atoms with E-state index in [1.165, 1.54) is 0 Å². The average molecular weight is 196 g/mol. The molecule has 1 N–H and O–H groups in total. The Labute approximate surface area is 82.1 Å². The van der Waals surface area contributed by atoms with Crippen LogP contribution in [0.25, 0.3) is 0 Å². The molecule has 76 valence electrons. The fraction of sp³-hybridized carbons (Fsp3) is 0.300. The number of aliphatic hydroxyl groups is 1. The summed E-state index contributed by atoms with van der Waals surface area (Å²) in [5.41, 5.74) is 0. The lowest BCUT2D eigenvalue weighted by atomic mass is 10.3. The Hall–Kier alpha value is -1.55. The van der Waals surface area contributed by atoms with Crippen LogP contribution in [0.4, 0.5) is 0 Å². The summed E-state index contributed by atoms with van der Waals surface area (Å²) in [6, 6.07) is 6.46. The zero-order valence-corrected chi connectivity index (χ0v) is 7.90. The molecule has 0 fully saturated rings. The fourth-order valence-corrected chi connectivity index (χ4v) is 0.882. The number of carbonyl (C=O) groups is 1. The molecule has 0 aliphatic rings. The highest BCUT2D eigenvalue weighted by molar-refractivity contribution is 5.71. The van der Waals surface area contributed by atoms with E-state index in [2.05, 4.69) is 0 Å². The van der Waals surface area contributed by atoms with Crippen molar-refractivity contribution >= 4 is 5.97 Å². The Morgan fingerprint density at radius 2 is 1.86 bits per heavy atom. The third-order valence-electron chi connectivity index (χ3n) is 1.58. The summed E-state index contributed by atoms with van der Waals surface area (Å²) < 4.78 is 9.75. The van der Waals surface area contributed by atoms with Gasteiger partial charge in [-0.3, -0.25) is 4.79 Å². The number of hydrogen-bond donors (Lipinski definition) is 1. The van der Waals surface area contributed by atoms with Crippen LogP contribution in [0.1, 0.15) is 13.3 Å². The number of esters is 1. The maximum absolute atomic E-state index is 10.9. The van der Waals surface area contributed by atoms with Gasteiger partial charge in [-0.05, 0) is 24.3 Å². The van der Waals surface area contributed by atoms with Crippen molar-refractivity contribution in [2.45, 2.75) is 13.3 Å². The summed E-state index contributed by atoms with van der Waals surface area (Å²) in [6.45, 7) is 1.36. The highest BCUT2D eigenvalue weighted by atomic mass is 16.6. The molecule has 0 atom stereocenters. The van der Waals surface area contributed by atoms with Crippen LogP contribution in [0, 0.1) is 0 Å². The standard InChI is InChI=1S/C10H12O4/c1-2-10(12)14-9-5-3-8(4-6-9)13-7-11/h3-6,11H,2,7H2,1H3. The third-order valence-corrected chi connectivity index (χ3v) is 1.58. The lowest BCUT2D eigenvalue weighted by molar-refractivity contribution is -0.134. The average Bonchev–Trinajstić information content (AvgIpc) is 2.21. The van der Waals surface area contributed by atoms with E-state index in [1.807, 2.05) is 0 Å². The molecule has 0 aliphatic heterocycles. The number of rotatable bonds is 4. The van der Waals surface area contributed by atoms with E-state index in [-0.39, 0.29) is 12.8 Å². The van der Waals surface area contributed by atoms with Gasteiger partial charge in [0.2, 0.25) is 0 Å². The molecule has 0 heterocycles. The summed E-state index contributed by atoms with van der Waals surface area (Å²) in [4.78, 5) is 10.9. The molecule has 1 rings (SSSR count). The smallest absolute Gasteiger partial charge is 0.310 e. The van der Waals surface area contributed by atoms with Crippen molar-refractivity contribution in [2.24, 2.45) is 0 Å². The van der Waals surface area contributed by atoms with Gasteiger partial charge in [0.25, 0.3) is 0 Å². The summed E-state index contributed by atoms with van der Waals surface area (Å²) in [5.74, 6) is 0.728. The topological polar surface area (TPSA) is 55.8 Å². The van der Waals surface area contributed by atoms with Crippen molar-refractivity contribution in [3.63, 3.8) is 0 Å². The molecular weight excluding hydrogens is 184 g/mol. The Kier molecular flexibility index (Phi) is 3.94. The zero-order chi connectivity index (χ0) is 10.4. The first kappa shape index (κ1) is 10.5. The highest BCUT2D eigenvalue weighted by Gasteiger charge is 2.01. The van der Waals surface area contributed by atoms with Gasteiger partial charge in [-0.25, -0.2) is 0 Å². The van der Waals surface area contributed by atoms with Gasteiger partial charge in [0.05, 0.1) is 0 Å². The molecule has 1 aromatic carbocycles. The van der Waals surface area contributed by atoms with E-state index >= 15 is 0 Å². The third kappa shape index (κ3) is 3.06. The first-order chi connectivity index (χ1) is 6.76. The number of hydrogen-bond acceptors (Lipinski definition) is 4. The van der Waals surface area contributed by atoms with Crippen molar-refractivity contribution in [1.82, 2.24) is 0 Å². The summed E-state index contributed by atoms with van der Waals surface area (Å²) in [6.07, 6.45) is 0.342. The van der Waals surface area contributed by atoms with Crippen LogP contribution in [0.15, 0.2) is 24.3 Å². The van der Waals surface area contributed by atoms with Crippen LogP contribution >= 0.6 is 0 Å². The van der Waals surface area contributed by atoms with Crippen LogP contribution in [-0.4, -0.2) is 17.9 Å². The van der Waals surface area contributed by atoms with Crippen molar-refractivity contribution in [1.29, 1.82) is 0 Å². The minimum Gasteiger partial charge on any atom is -0.468 e. The second kappa shape index (κ2) is 5.24. The first-order valence-electron chi connectivity index (χ1n) is 4.30. The number of aliphatic hydroxyl groups excluding tert-OH is 1. The van der Waals surface area contributed by atoms with Gasteiger partial charge in [0, 0.05) is 6.42 Å². The molecule has 0 unspecified atom stereocenters. The normalized spacial score (nSPS) is 9.57. The Morgan fingerprint density at radius 1 is 1.29 bits per heavy atom. The zero-order valence-electron chi connectivity index (χ0n) is 7.90. The molecule has 0 amide bonds. The second-order valence-corrected chi connectivity index (χ2v) is 2.57. The minimum atomic E-state index is -0.367. The van der Waals surface area contributed by atoms with Gasteiger partial charge < -0.3 is 14.6 Å². The number of ether oxygens (including phenoxy) is 2. The van der Waals surface area contributed by atoms with Crippen molar-refractivity contribution in [3.8, 4) is 11.5 Å². The summed E-state index contributed by atoms with van der Waals surface area (Å²) >= 11 is 0. The van der Waals surface area contributed by atoms with E-state index in [4.69, 9.17) is 14.6 Å². The van der Waals surface area contributed by atoms with E-state index in [0.717, 1.165) is 0 Å². The first-order valence-corrected chi connectivity index (χ1v) is 4.30. The van der Waals surface area contributed by atoms with Crippen LogP contribution < -0.4 is 9.47 Å². The number of carbonyl (C=O) groups excluding carboxylic acids is 1. The predicted molar refractivity (Wildman–Crippen MR) is 50.1 cm³/mol. The van der Waals surface area contributed by atoms with Crippen molar-refractivity contribution in [2.75, 3.05) is 6.79 Å². The molecular formula is C10H12O4.